The summed E-state index contributed by atoms with van der Waals surface area (Å²) in [6.07, 6.45) is 1.41. The van der Waals surface area contributed by atoms with Gasteiger partial charge in [-0.2, -0.15) is 5.26 Å². The number of nitrogens with zero attached hydrogens (tertiary/aromatic N) is 2. The molecule has 0 unspecified atom stereocenters. The molecule has 1 aromatic heterocycles. The van der Waals surface area contributed by atoms with Crippen molar-refractivity contribution < 1.29 is 14.1 Å². The highest BCUT2D eigenvalue weighted by Gasteiger charge is 2.25. The fraction of sp³-hybridized carbons (Fsp3) is 0.222. The Balaban J connectivity index is 2.30. The van der Waals surface area contributed by atoms with Gasteiger partial charge in [0, 0.05) is 29.2 Å². The number of hydrogen-bond acceptors (Lipinski definition) is 5. The standard InChI is InChI=1S/C18H16N2O4/c1-18(2,3)17(21)13(11-19)10-15-8-9-16(24-15)12-4-6-14(7-5-12)20(22)23/h4-10H,1-3H3. The third-order valence-electron chi connectivity index (χ3n) is 3.32. The first-order valence-corrected chi connectivity index (χ1v) is 7.23. The molecule has 0 saturated carbocycles. The van der Waals surface area contributed by atoms with E-state index in [2.05, 4.69) is 0 Å². The highest BCUT2D eigenvalue weighted by Crippen LogP contribution is 2.27. The summed E-state index contributed by atoms with van der Waals surface area (Å²) < 4.78 is 5.62. The van der Waals surface area contributed by atoms with Crippen LogP contribution in [0.3, 0.4) is 0 Å². The minimum Gasteiger partial charge on any atom is -0.457 e. The summed E-state index contributed by atoms with van der Waals surface area (Å²) in [6, 6.07) is 11.2. The van der Waals surface area contributed by atoms with Crippen LogP contribution in [0.2, 0.25) is 0 Å². The number of nitriles is 1. The van der Waals surface area contributed by atoms with Gasteiger partial charge in [-0.25, -0.2) is 0 Å². The van der Waals surface area contributed by atoms with Crippen LogP contribution in [0.1, 0.15) is 26.5 Å². The molecule has 1 aromatic carbocycles. The summed E-state index contributed by atoms with van der Waals surface area (Å²) in [5.41, 5.74) is 0.0241. The van der Waals surface area contributed by atoms with Crippen LogP contribution < -0.4 is 0 Å². The van der Waals surface area contributed by atoms with Crippen LogP contribution in [0, 0.1) is 26.9 Å². The maximum absolute atomic E-state index is 12.2. The molecule has 0 saturated heterocycles. The number of Topliss-reactive ketones (excluding diaryl/α,β-unsaturated/α-hetero) is 1. The van der Waals surface area contributed by atoms with Gasteiger partial charge in [-0.15, -0.1) is 0 Å². The van der Waals surface area contributed by atoms with E-state index >= 15 is 0 Å². The van der Waals surface area contributed by atoms with Crippen LogP contribution in [0.25, 0.3) is 17.4 Å². The third-order valence-corrected chi connectivity index (χ3v) is 3.32. The third kappa shape index (κ3) is 3.76. The molecule has 24 heavy (non-hydrogen) atoms. The minimum absolute atomic E-state index is 0.00651. The molecular weight excluding hydrogens is 308 g/mol. The number of allylic oxidation sites excluding steroid dienone is 1. The lowest BCUT2D eigenvalue weighted by Gasteiger charge is -2.15. The topological polar surface area (TPSA) is 97.1 Å². The Morgan fingerprint density at radius 2 is 1.83 bits per heavy atom. The molecule has 0 aliphatic heterocycles. The van der Waals surface area contributed by atoms with E-state index in [1.165, 1.54) is 18.2 Å². The first kappa shape index (κ1) is 17.2. The van der Waals surface area contributed by atoms with Crippen molar-refractivity contribution in [2.24, 2.45) is 5.41 Å². The number of nitro benzene ring substituents is 1. The SMILES string of the molecule is CC(C)(C)C(=O)C(C#N)=Cc1ccc(-c2ccc([N+](=O)[O-])cc2)o1. The van der Waals surface area contributed by atoms with Gasteiger partial charge < -0.3 is 4.42 Å². The predicted molar refractivity (Wildman–Crippen MR) is 88.9 cm³/mol. The normalized spacial score (nSPS) is 11.8. The van der Waals surface area contributed by atoms with E-state index in [4.69, 9.17) is 4.42 Å². The number of benzene rings is 1. The molecule has 0 N–H and O–H groups in total. The van der Waals surface area contributed by atoms with Gasteiger partial charge in [0.05, 0.1) is 10.5 Å². The highest BCUT2D eigenvalue weighted by molar-refractivity contribution is 6.05. The van der Waals surface area contributed by atoms with Gasteiger partial charge in [-0.05, 0) is 24.3 Å². The molecule has 0 bridgehead atoms. The molecule has 0 aliphatic rings. The second-order valence-electron chi connectivity index (χ2n) is 6.25. The van der Waals surface area contributed by atoms with E-state index in [1.807, 2.05) is 6.07 Å². The minimum atomic E-state index is -0.657. The van der Waals surface area contributed by atoms with E-state index < -0.39 is 10.3 Å². The first-order chi connectivity index (χ1) is 11.2. The number of furan rings is 1. The van der Waals surface area contributed by atoms with E-state index in [0.717, 1.165) is 0 Å². The van der Waals surface area contributed by atoms with Crippen molar-refractivity contribution in [1.29, 1.82) is 5.26 Å². The second-order valence-corrected chi connectivity index (χ2v) is 6.25. The summed E-state index contributed by atoms with van der Waals surface area (Å²) >= 11 is 0. The summed E-state index contributed by atoms with van der Waals surface area (Å²) in [7, 11) is 0. The van der Waals surface area contributed by atoms with Gasteiger partial charge in [0.15, 0.2) is 5.78 Å². The second kappa shape index (κ2) is 6.50. The van der Waals surface area contributed by atoms with Gasteiger partial charge in [0.2, 0.25) is 0 Å². The lowest BCUT2D eigenvalue weighted by molar-refractivity contribution is -0.384. The van der Waals surface area contributed by atoms with Crippen LogP contribution in [-0.4, -0.2) is 10.7 Å². The lowest BCUT2D eigenvalue weighted by atomic mass is 9.86. The molecule has 0 aliphatic carbocycles. The van der Waals surface area contributed by atoms with E-state index in [1.54, 1.807) is 45.0 Å². The smallest absolute Gasteiger partial charge is 0.269 e. The van der Waals surface area contributed by atoms with Crippen LogP contribution in [0.4, 0.5) is 5.69 Å². The number of carbonyl (C=O) groups excluding carboxylic acids is 1. The number of hydrogen-bond donors (Lipinski definition) is 0. The summed E-state index contributed by atoms with van der Waals surface area (Å²) in [5, 5.41) is 19.8. The Labute approximate surface area is 139 Å². The number of ketones is 1. The number of carbonyl (C=O) groups is 1. The monoisotopic (exact) mass is 324 g/mol. The molecular formula is C18H16N2O4. The zero-order chi connectivity index (χ0) is 17.9. The van der Waals surface area contributed by atoms with Gasteiger partial charge in [-0.3, -0.25) is 14.9 Å². The first-order valence-electron chi connectivity index (χ1n) is 7.23. The van der Waals surface area contributed by atoms with Gasteiger partial charge in [0.25, 0.3) is 5.69 Å². The van der Waals surface area contributed by atoms with Crippen molar-refractivity contribution in [2.75, 3.05) is 0 Å². The molecule has 0 spiro atoms. The van der Waals surface area contributed by atoms with Gasteiger partial charge in [0.1, 0.15) is 17.6 Å². The Hall–Kier alpha value is -3.20. The van der Waals surface area contributed by atoms with Crippen molar-refractivity contribution in [2.45, 2.75) is 20.8 Å². The van der Waals surface area contributed by atoms with Crippen molar-refractivity contribution in [3.05, 3.63) is 57.8 Å². The molecule has 6 nitrogen and oxygen atoms in total. The van der Waals surface area contributed by atoms with Crippen LogP contribution in [-0.2, 0) is 4.79 Å². The van der Waals surface area contributed by atoms with Crippen LogP contribution in [0.5, 0.6) is 0 Å². The van der Waals surface area contributed by atoms with Crippen LogP contribution >= 0.6 is 0 Å². The quantitative estimate of drug-likeness (QED) is 0.360. The van der Waals surface area contributed by atoms with Crippen molar-refractivity contribution in [3.8, 4) is 17.4 Å². The van der Waals surface area contributed by atoms with E-state index in [9.17, 15) is 20.2 Å². The molecule has 122 valence electrons. The summed E-state index contributed by atoms with van der Waals surface area (Å²) in [6.45, 7) is 5.22. The molecule has 6 heteroatoms. The molecule has 0 amide bonds. The lowest BCUT2D eigenvalue weighted by Crippen LogP contribution is -2.21. The number of nitro groups is 1. The Kier molecular flexibility index (Phi) is 4.65. The maximum atomic E-state index is 12.2. The highest BCUT2D eigenvalue weighted by atomic mass is 16.6. The average Bonchev–Trinajstić information content (AvgIpc) is 2.99. The van der Waals surface area contributed by atoms with Gasteiger partial charge in [-0.1, -0.05) is 20.8 Å². The molecule has 0 radical (unpaired) electrons. The van der Waals surface area contributed by atoms with Gasteiger partial charge >= 0.3 is 0 Å². The predicted octanol–water partition coefficient (Wildman–Crippen LogP) is 4.38. The molecule has 2 rings (SSSR count). The molecule has 2 aromatic rings. The number of non-ortho nitro benzene ring substituents is 1. The molecule has 0 atom stereocenters. The Morgan fingerprint density at radius 1 is 1.21 bits per heavy atom. The summed E-state index contributed by atoms with van der Waals surface area (Å²) in [4.78, 5) is 22.4. The number of rotatable bonds is 4. The van der Waals surface area contributed by atoms with E-state index in [-0.39, 0.29) is 17.0 Å². The maximum Gasteiger partial charge on any atom is 0.269 e. The Bertz CT molecular complexity index is 846. The average molecular weight is 324 g/mol. The van der Waals surface area contributed by atoms with E-state index in [0.29, 0.717) is 17.1 Å². The summed E-state index contributed by atoms with van der Waals surface area (Å²) in [5.74, 6) is 0.604. The Morgan fingerprint density at radius 3 is 2.33 bits per heavy atom. The zero-order valence-electron chi connectivity index (χ0n) is 13.6. The molecule has 1 heterocycles. The van der Waals surface area contributed by atoms with Crippen molar-refractivity contribution in [3.63, 3.8) is 0 Å². The van der Waals surface area contributed by atoms with Crippen LogP contribution in [0.15, 0.2) is 46.4 Å². The van der Waals surface area contributed by atoms with Crippen molar-refractivity contribution in [1.82, 2.24) is 0 Å². The zero-order valence-corrected chi connectivity index (χ0v) is 13.6. The molecule has 0 fully saturated rings. The van der Waals surface area contributed by atoms with Crippen molar-refractivity contribution >= 4 is 17.5 Å². The fourth-order valence-corrected chi connectivity index (χ4v) is 2.03. The fourth-order valence-electron chi connectivity index (χ4n) is 2.03. The largest absolute Gasteiger partial charge is 0.457 e.